The molecule has 0 aromatic carbocycles. The number of hydrogen-bond donors (Lipinski definition) is 0. The van der Waals surface area contributed by atoms with Crippen LogP contribution >= 0.6 is 11.6 Å². The minimum atomic E-state index is -0.326. The Labute approximate surface area is 140 Å². The predicted molar refractivity (Wildman–Crippen MR) is 87.2 cm³/mol. The summed E-state index contributed by atoms with van der Waals surface area (Å²) < 4.78 is 6.53. The van der Waals surface area contributed by atoms with Crippen LogP contribution in [0.25, 0.3) is 6.08 Å². The fraction of sp³-hybridized carbons (Fsp3) is 0.533. The molecule has 1 aromatic rings. The van der Waals surface area contributed by atoms with Crippen LogP contribution < -0.4 is 0 Å². The van der Waals surface area contributed by atoms with Crippen LogP contribution in [0.4, 0.5) is 4.79 Å². The van der Waals surface area contributed by atoms with E-state index in [1.165, 1.54) is 6.08 Å². The molecular formula is C15H21ClN4O3. The lowest BCUT2D eigenvalue weighted by Crippen LogP contribution is -2.50. The maximum absolute atomic E-state index is 12.2. The summed E-state index contributed by atoms with van der Waals surface area (Å²) in [5.41, 5.74) is 1.52. The van der Waals surface area contributed by atoms with E-state index in [1.807, 2.05) is 6.92 Å². The van der Waals surface area contributed by atoms with Crippen LogP contribution in [0, 0.1) is 6.92 Å². The number of piperazine rings is 1. The Bertz CT molecular complexity index is 618. The van der Waals surface area contributed by atoms with Crippen LogP contribution in [0.3, 0.4) is 0 Å². The Kier molecular flexibility index (Phi) is 5.65. The summed E-state index contributed by atoms with van der Waals surface area (Å²) >= 11 is 6.13. The van der Waals surface area contributed by atoms with Gasteiger partial charge in [0, 0.05) is 44.9 Å². The van der Waals surface area contributed by atoms with E-state index in [1.54, 1.807) is 34.5 Å². The van der Waals surface area contributed by atoms with Gasteiger partial charge in [-0.25, -0.2) is 4.79 Å². The van der Waals surface area contributed by atoms with Crippen LogP contribution in [-0.4, -0.2) is 64.4 Å². The SMILES string of the molecule is CCOC(=O)N1CCN(C(=O)/C=C/c2c(C)nn(C)c2Cl)CC1. The Hall–Kier alpha value is -2.02. The van der Waals surface area contributed by atoms with Gasteiger partial charge in [-0.05, 0) is 19.9 Å². The Balaban J connectivity index is 1.93. The third-order valence-corrected chi connectivity index (χ3v) is 4.15. The standard InChI is InChI=1S/C15H21ClN4O3/c1-4-23-15(22)20-9-7-19(8-10-20)13(21)6-5-12-11(2)17-18(3)14(12)16/h5-6H,4,7-10H2,1-3H3/b6-5+. The molecule has 1 aliphatic heterocycles. The van der Waals surface area contributed by atoms with Gasteiger partial charge in [0.15, 0.2) is 0 Å². The number of aromatic nitrogens is 2. The number of nitrogens with zero attached hydrogens (tertiary/aromatic N) is 4. The first kappa shape index (κ1) is 17.3. The third kappa shape index (κ3) is 4.04. The lowest BCUT2D eigenvalue weighted by atomic mass is 10.2. The number of rotatable bonds is 3. The zero-order valence-corrected chi connectivity index (χ0v) is 14.3. The van der Waals surface area contributed by atoms with E-state index in [9.17, 15) is 9.59 Å². The van der Waals surface area contributed by atoms with E-state index in [0.717, 1.165) is 11.3 Å². The van der Waals surface area contributed by atoms with Gasteiger partial charge in [-0.2, -0.15) is 5.10 Å². The topological polar surface area (TPSA) is 67.7 Å². The number of carbonyl (C=O) groups excluding carboxylic acids is 2. The molecule has 0 atom stereocenters. The van der Waals surface area contributed by atoms with Crippen molar-refractivity contribution in [1.29, 1.82) is 0 Å². The Morgan fingerprint density at radius 1 is 1.26 bits per heavy atom. The Morgan fingerprint density at radius 2 is 1.87 bits per heavy atom. The molecule has 2 heterocycles. The van der Waals surface area contributed by atoms with Crippen molar-refractivity contribution in [3.63, 3.8) is 0 Å². The quantitative estimate of drug-likeness (QED) is 0.785. The number of aryl methyl sites for hydroxylation is 2. The van der Waals surface area contributed by atoms with Gasteiger partial charge in [0.25, 0.3) is 0 Å². The molecule has 7 nitrogen and oxygen atoms in total. The fourth-order valence-electron chi connectivity index (χ4n) is 2.42. The van der Waals surface area contributed by atoms with Crippen molar-refractivity contribution in [2.45, 2.75) is 13.8 Å². The summed E-state index contributed by atoms with van der Waals surface area (Å²) in [7, 11) is 1.75. The van der Waals surface area contributed by atoms with Crippen molar-refractivity contribution in [2.24, 2.45) is 7.05 Å². The molecular weight excluding hydrogens is 320 g/mol. The molecule has 1 aliphatic rings. The van der Waals surface area contributed by atoms with E-state index in [-0.39, 0.29) is 12.0 Å². The van der Waals surface area contributed by atoms with E-state index < -0.39 is 0 Å². The van der Waals surface area contributed by atoms with E-state index >= 15 is 0 Å². The van der Waals surface area contributed by atoms with Crippen LogP contribution in [0.5, 0.6) is 0 Å². The van der Waals surface area contributed by atoms with Gasteiger partial charge in [-0.15, -0.1) is 0 Å². The highest BCUT2D eigenvalue weighted by Gasteiger charge is 2.23. The summed E-state index contributed by atoms with van der Waals surface area (Å²) in [5, 5.41) is 4.70. The van der Waals surface area contributed by atoms with Crippen molar-refractivity contribution >= 4 is 29.7 Å². The van der Waals surface area contributed by atoms with Crippen molar-refractivity contribution in [3.8, 4) is 0 Å². The average molecular weight is 341 g/mol. The maximum atomic E-state index is 12.2. The summed E-state index contributed by atoms with van der Waals surface area (Å²) in [6.45, 7) is 5.90. The highest BCUT2D eigenvalue weighted by atomic mass is 35.5. The second-order valence-corrected chi connectivity index (χ2v) is 5.62. The van der Waals surface area contributed by atoms with Crippen LogP contribution in [-0.2, 0) is 16.6 Å². The number of halogens is 1. The molecule has 0 spiro atoms. The third-order valence-electron chi connectivity index (χ3n) is 3.71. The van der Waals surface area contributed by atoms with Crippen molar-refractivity contribution in [3.05, 3.63) is 22.5 Å². The largest absolute Gasteiger partial charge is 0.450 e. The number of ether oxygens (including phenoxy) is 1. The first-order valence-electron chi connectivity index (χ1n) is 7.51. The molecule has 8 heteroatoms. The van der Waals surface area contributed by atoms with Gasteiger partial charge in [-0.1, -0.05) is 11.6 Å². The molecule has 1 aromatic heterocycles. The predicted octanol–water partition coefficient (Wildman–Crippen LogP) is 1.70. The van der Waals surface area contributed by atoms with Gasteiger partial charge >= 0.3 is 6.09 Å². The van der Waals surface area contributed by atoms with Gasteiger partial charge in [0.05, 0.1) is 12.3 Å². The van der Waals surface area contributed by atoms with Crippen molar-refractivity contribution in [2.75, 3.05) is 32.8 Å². The first-order chi connectivity index (χ1) is 10.9. The molecule has 0 radical (unpaired) electrons. The monoisotopic (exact) mass is 340 g/mol. The summed E-state index contributed by atoms with van der Waals surface area (Å²) in [6.07, 6.45) is 2.86. The molecule has 1 fully saturated rings. The average Bonchev–Trinajstić information content (AvgIpc) is 2.78. The first-order valence-corrected chi connectivity index (χ1v) is 7.89. The zero-order chi connectivity index (χ0) is 17.0. The molecule has 0 N–H and O–H groups in total. The van der Waals surface area contributed by atoms with Crippen molar-refractivity contribution in [1.82, 2.24) is 19.6 Å². The van der Waals surface area contributed by atoms with Crippen LogP contribution in [0.2, 0.25) is 5.15 Å². The molecule has 23 heavy (non-hydrogen) atoms. The smallest absolute Gasteiger partial charge is 0.409 e. The second-order valence-electron chi connectivity index (χ2n) is 5.26. The van der Waals surface area contributed by atoms with Gasteiger partial charge in [0.1, 0.15) is 5.15 Å². The lowest BCUT2D eigenvalue weighted by Gasteiger charge is -2.33. The molecule has 0 saturated carbocycles. The number of carbonyl (C=O) groups is 2. The van der Waals surface area contributed by atoms with Gasteiger partial charge in [0.2, 0.25) is 5.91 Å². The minimum Gasteiger partial charge on any atom is -0.450 e. The normalized spacial score (nSPS) is 15.3. The van der Waals surface area contributed by atoms with E-state index in [2.05, 4.69) is 5.10 Å². The zero-order valence-electron chi connectivity index (χ0n) is 13.6. The molecule has 2 amide bonds. The second kappa shape index (κ2) is 7.50. The molecule has 1 saturated heterocycles. The van der Waals surface area contributed by atoms with E-state index in [0.29, 0.717) is 37.9 Å². The highest BCUT2D eigenvalue weighted by Crippen LogP contribution is 2.20. The molecule has 0 bridgehead atoms. The molecule has 126 valence electrons. The summed E-state index contributed by atoms with van der Waals surface area (Å²) in [6, 6.07) is 0. The van der Waals surface area contributed by atoms with Crippen LogP contribution in [0.1, 0.15) is 18.2 Å². The summed E-state index contributed by atoms with van der Waals surface area (Å²) in [4.78, 5) is 27.2. The molecule has 0 unspecified atom stereocenters. The lowest BCUT2D eigenvalue weighted by molar-refractivity contribution is -0.127. The van der Waals surface area contributed by atoms with Gasteiger partial charge < -0.3 is 14.5 Å². The minimum absolute atomic E-state index is 0.104. The Morgan fingerprint density at radius 3 is 2.39 bits per heavy atom. The van der Waals surface area contributed by atoms with Crippen molar-refractivity contribution < 1.29 is 14.3 Å². The molecule has 2 rings (SSSR count). The molecule has 0 aliphatic carbocycles. The number of amides is 2. The van der Waals surface area contributed by atoms with Gasteiger partial charge in [-0.3, -0.25) is 9.48 Å². The fourth-order valence-corrected chi connectivity index (χ4v) is 2.66. The van der Waals surface area contributed by atoms with Crippen LogP contribution in [0.15, 0.2) is 6.08 Å². The highest BCUT2D eigenvalue weighted by molar-refractivity contribution is 6.31. The summed E-state index contributed by atoms with van der Waals surface area (Å²) in [5.74, 6) is -0.104. The maximum Gasteiger partial charge on any atom is 0.409 e. The number of hydrogen-bond acceptors (Lipinski definition) is 4. The van der Waals surface area contributed by atoms with E-state index in [4.69, 9.17) is 16.3 Å².